The van der Waals surface area contributed by atoms with E-state index in [0.29, 0.717) is 36.4 Å². The molecule has 3 aromatic rings. The predicted octanol–water partition coefficient (Wildman–Crippen LogP) is 6.98. The number of ether oxygens (including phenoxy) is 1. The Labute approximate surface area is 237 Å². The summed E-state index contributed by atoms with van der Waals surface area (Å²) in [5.74, 6) is 0.608. The molecule has 0 spiro atoms. The van der Waals surface area contributed by atoms with Crippen molar-refractivity contribution in [1.82, 2.24) is 4.98 Å². The second-order valence-electron chi connectivity index (χ2n) is 11.1. The highest BCUT2D eigenvalue weighted by Gasteiger charge is 2.45. The van der Waals surface area contributed by atoms with Gasteiger partial charge in [-0.3, -0.25) is 14.7 Å². The molecule has 0 saturated heterocycles. The number of nitrogens with zero attached hydrogens (tertiary/aromatic N) is 3. The van der Waals surface area contributed by atoms with Gasteiger partial charge in [0.05, 0.1) is 29.4 Å². The van der Waals surface area contributed by atoms with Crippen molar-refractivity contribution in [2.24, 2.45) is 11.1 Å². The van der Waals surface area contributed by atoms with E-state index in [9.17, 15) is 10.1 Å². The third kappa shape index (κ3) is 5.09. The van der Waals surface area contributed by atoms with Gasteiger partial charge in [0.25, 0.3) is 0 Å². The van der Waals surface area contributed by atoms with Crippen molar-refractivity contribution < 1.29 is 9.53 Å². The highest BCUT2D eigenvalue weighted by molar-refractivity contribution is 9.10. The van der Waals surface area contributed by atoms with Gasteiger partial charge in [0, 0.05) is 28.4 Å². The fourth-order valence-corrected chi connectivity index (χ4v) is 5.97. The Bertz CT molecular complexity index is 1550. The van der Waals surface area contributed by atoms with Gasteiger partial charge in [0.1, 0.15) is 18.2 Å². The Hall–Kier alpha value is -3.89. The number of Topliss-reactive ketones (excluding diaryl/α,β-unsaturated/α-hetero) is 1. The minimum atomic E-state index is -0.548. The van der Waals surface area contributed by atoms with Crippen molar-refractivity contribution in [1.29, 1.82) is 5.26 Å². The number of carbonyl (C=O) groups excluding carboxylic acids is 1. The number of carbonyl (C=O) groups is 1. The van der Waals surface area contributed by atoms with Gasteiger partial charge in [-0.25, -0.2) is 0 Å². The first-order valence-corrected chi connectivity index (χ1v) is 13.7. The summed E-state index contributed by atoms with van der Waals surface area (Å²) >= 11 is 3.46. The van der Waals surface area contributed by atoms with Crippen LogP contribution in [0.2, 0.25) is 0 Å². The first-order valence-electron chi connectivity index (χ1n) is 12.9. The average Bonchev–Trinajstić information content (AvgIpc) is 2.89. The molecule has 0 amide bonds. The number of nitriles is 1. The molecule has 0 bridgehead atoms. The highest BCUT2D eigenvalue weighted by Crippen LogP contribution is 2.50. The quantitative estimate of drug-likeness (QED) is 0.349. The zero-order chi connectivity index (χ0) is 27.9. The average molecular weight is 584 g/mol. The molecule has 7 heteroatoms. The van der Waals surface area contributed by atoms with Gasteiger partial charge >= 0.3 is 0 Å². The monoisotopic (exact) mass is 582 g/mol. The maximum atomic E-state index is 13.9. The second-order valence-corrected chi connectivity index (χ2v) is 12.0. The number of allylic oxidation sites excluding steroid dienone is 3. The smallest absolute Gasteiger partial charge is 0.162 e. The molecule has 2 heterocycles. The second kappa shape index (κ2) is 10.3. The van der Waals surface area contributed by atoms with Gasteiger partial charge in [-0.15, -0.1) is 0 Å². The number of hydrogen-bond acceptors (Lipinski definition) is 6. The summed E-state index contributed by atoms with van der Waals surface area (Å²) in [5.41, 5.74) is 13.1. The van der Waals surface area contributed by atoms with Gasteiger partial charge in [0.2, 0.25) is 0 Å². The van der Waals surface area contributed by atoms with Gasteiger partial charge < -0.3 is 10.5 Å². The van der Waals surface area contributed by atoms with Crippen LogP contribution in [0.15, 0.2) is 88.1 Å². The number of aryl methyl sites for hydroxylation is 1. The Kier molecular flexibility index (Phi) is 7.09. The first kappa shape index (κ1) is 26.7. The van der Waals surface area contributed by atoms with E-state index < -0.39 is 5.92 Å². The van der Waals surface area contributed by atoms with Crippen molar-refractivity contribution in [3.63, 3.8) is 0 Å². The number of aromatic nitrogens is 1. The van der Waals surface area contributed by atoms with Crippen molar-refractivity contribution in [3.05, 3.63) is 110 Å². The number of hydrogen-bond donors (Lipinski definition) is 1. The number of rotatable bonds is 5. The lowest BCUT2D eigenvalue weighted by atomic mass is 9.68. The summed E-state index contributed by atoms with van der Waals surface area (Å²) in [6.07, 6.45) is 4.48. The van der Waals surface area contributed by atoms with Crippen LogP contribution in [0.5, 0.6) is 5.75 Å². The number of ketones is 1. The van der Waals surface area contributed by atoms with Gasteiger partial charge in [0.15, 0.2) is 5.78 Å². The Balaban J connectivity index is 1.66. The molecule has 0 radical (unpaired) electrons. The van der Waals surface area contributed by atoms with E-state index in [2.05, 4.69) is 53.0 Å². The minimum absolute atomic E-state index is 0.0500. The van der Waals surface area contributed by atoms with Crippen LogP contribution in [-0.4, -0.2) is 10.8 Å². The van der Waals surface area contributed by atoms with E-state index in [1.54, 1.807) is 12.4 Å². The molecule has 2 N–H and O–H groups in total. The van der Waals surface area contributed by atoms with Crippen LogP contribution in [0.25, 0.3) is 0 Å². The molecular formula is C32H31BrN4O2. The zero-order valence-electron chi connectivity index (χ0n) is 22.6. The molecule has 5 rings (SSSR count). The summed E-state index contributed by atoms with van der Waals surface area (Å²) in [6.45, 7) is 8.62. The minimum Gasteiger partial charge on any atom is -0.489 e. The van der Waals surface area contributed by atoms with E-state index >= 15 is 0 Å². The molecule has 0 saturated carbocycles. The van der Waals surface area contributed by atoms with Gasteiger partial charge in [-0.2, -0.15) is 5.26 Å². The number of nitrogens with two attached hydrogens (primary N) is 1. The summed E-state index contributed by atoms with van der Waals surface area (Å²) in [6, 6.07) is 18.0. The third-order valence-corrected chi connectivity index (χ3v) is 8.03. The normalized spacial score (nSPS) is 18.6. The number of anilines is 1. The number of halogens is 1. The summed E-state index contributed by atoms with van der Waals surface area (Å²) in [7, 11) is 0. The molecule has 6 nitrogen and oxygen atoms in total. The van der Waals surface area contributed by atoms with Crippen LogP contribution < -0.4 is 15.4 Å². The fourth-order valence-electron chi connectivity index (χ4n) is 5.71. The summed E-state index contributed by atoms with van der Waals surface area (Å²) < 4.78 is 7.10. The van der Waals surface area contributed by atoms with Crippen molar-refractivity contribution in [2.75, 3.05) is 4.90 Å². The standard InChI is InChI=1S/C32H31BrN4O2/c1-19-12-21(18-39-24-9-7-22(33)8-10-24)20(2)25(13-19)29-26(16-34)31(35)37(23-6-5-11-36-17-23)27-14-32(3,4)15-28(38)30(27)29/h5-13,17,29H,14-15,18,35H2,1-4H3. The van der Waals surface area contributed by atoms with Gasteiger partial charge in [-0.05, 0) is 78.8 Å². The summed E-state index contributed by atoms with van der Waals surface area (Å²) in [5, 5.41) is 10.4. The first-order chi connectivity index (χ1) is 18.6. The molecule has 198 valence electrons. The van der Waals surface area contributed by atoms with Crippen LogP contribution in [0.1, 0.15) is 54.9 Å². The topological polar surface area (TPSA) is 92.2 Å². The molecule has 1 unspecified atom stereocenters. The molecule has 1 aromatic heterocycles. The van der Waals surface area contributed by atoms with Crippen LogP contribution >= 0.6 is 15.9 Å². The van der Waals surface area contributed by atoms with Crippen LogP contribution in [0.3, 0.4) is 0 Å². The lowest BCUT2D eigenvalue weighted by Gasteiger charge is -2.44. The molecule has 1 atom stereocenters. The SMILES string of the molecule is Cc1cc(COc2ccc(Br)cc2)c(C)c(C2C(C#N)=C(N)N(c3cccnc3)C3=C2C(=O)CC(C)(C)C3)c1. The van der Waals surface area contributed by atoms with Gasteiger partial charge in [-0.1, -0.05) is 47.5 Å². The molecular weight excluding hydrogens is 552 g/mol. The van der Waals surface area contributed by atoms with Crippen LogP contribution in [-0.2, 0) is 11.4 Å². The zero-order valence-corrected chi connectivity index (χ0v) is 24.2. The Morgan fingerprint density at radius 2 is 1.92 bits per heavy atom. The largest absolute Gasteiger partial charge is 0.489 e. The van der Waals surface area contributed by atoms with Crippen LogP contribution in [0, 0.1) is 30.6 Å². The predicted molar refractivity (Wildman–Crippen MR) is 156 cm³/mol. The Morgan fingerprint density at radius 3 is 2.59 bits per heavy atom. The molecule has 1 aliphatic heterocycles. The van der Waals surface area contributed by atoms with E-state index in [1.165, 1.54) is 0 Å². The Morgan fingerprint density at radius 1 is 1.18 bits per heavy atom. The van der Waals surface area contributed by atoms with E-state index in [0.717, 1.165) is 43.9 Å². The van der Waals surface area contributed by atoms with E-state index in [-0.39, 0.29) is 11.2 Å². The van der Waals surface area contributed by atoms with Crippen LogP contribution in [0.4, 0.5) is 5.69 Å². The fraction of sp³-hybridized carbons (Fsp3) is 0.281. The lowest BCUT2D eigenvalue weighted by molar-refractivity contribution is -0.118. The molecule has 2 aromatic carbocycles. The van der Waals surface area contributed by atoms with Crippen molar-refractivity contribution >= 4 is 27.4 Å². The van der Waals surface area contributed by atoms with E-state index in [1.807, 2.05) is 55.1 Å². The molecule has 1 aliphatic carbocycles. The van der Waals surface area contributed by atoms with Crippen molar-refractivity contribution in [3.8, 4) is 11.8 Å². The number of benzene rings is 2. The number of pyridine rings is 1. The summed E-state index contributed by atoms with van der Waals surface area (Å²) in [4.78, 5) is 20.0. The molecule has 0 fully saturated rings. The lowest BCUT2D eigenvalue weighted by Crippen LogP contribution is -2.42. The third-order valence-electron chi connectivity index (χ3n) is 7.50. The van der Waals surface area contributed by atoms with E-state index in [4.69, 9.17) is 10.5 Å². The van der Waals surface area contributed by atoms with Crippen molar-refractivity contribution in [2.45, 2.75) is 53.1 Å². The molecule has 2 aliphatic rings. The maximum absolute atomic E-state index is 13.9. The maximum Gasteiger partial charge on any atom is 0.162 e. The highest BCUT2D eigenvalue weighted by atomic mass is 79.9. The molecule has 39 heavy (non-hydrogen) atoms.